The van der Waals surface area contributed by atoms with Crippen LogP contribution in [0, 0.1) is 12.8 Å². The van der Waals surface area contributed by atoms with Gasteiger partial charge in [0.05, 0.1) is 22.8 Å². The minimum Gasteiger partial charge on any atom is -0.490 e. The van der Waals surface area contributed by atoms with E-state index in [4.69, 9.17) is 14.6 Å². The number of aromatic nitrogens is 2. The summed E-state index contributed by atoms with van der Waals surface area (Å²) in [6.45, 7) is 2.09. The van der Waals surface area contributed by atoms with Crippen molar-refractivity contribution in [1.29, 1.82) is 0 Å². The van der Waals surface area contributed by atoms with Crippen molar-refractivity contribution in [2.75, 3.05) is 0 Å². The topological polar surface area (TPSA) is 61.0 Å². The zero-order valence-corrected chi connectivity index (χ0v) is 19.5. The lowest BCUT2D eigenvalue weighted by atomic mass is 9.67. The smallest absolute Gasteiger partial charge is 0.221 e. The van der Waals surface area contributed by atoms with Gasteiger partial charge in [-0.25, -0.2) is 4.68 Å². The first-order chi connectivity index (χ1) is 17.3. The lowest BCUT2D eigenvalue weighted by Gasteiger charge is -2.48. The number of ether oxygens (including phenoxy) is 2. The molecule has 2 aliphatic heterocycles. The summed E-state index contributed by atoms with van der Waals surface area (Å²) in [6, 6.07) is 26.3. The number of aryl methyl sites for hydroxylation is 1. The standard InChI is InChI=1S/C29H26N4O2/c1-18-26-27-22-17-20(31-30-19-9-4-2-5-10-19)15-16-23(22)34-24-13-8-14-25(28(24)27)35-29(26)33(32-18)21-11-6-3-7-12-21/h2-7,9-12,15-17,24-25,27-28H,8,13-14H2,1H3/t24?,25?,27-,28+/m1/s1. The predicted octanol–water partition coefficient (Wildman–Crippen LogP) is 7.05. The number of benzene rings is 3. The van der Waals surface area contributed by atoms with Crippen LogP contribution in [0.25, 0.3) is 5.69 Å². The van der Waals surface area contributed by atoms with Gasteiger partial charge in [-0.05, 0) is 68.7 Å². The van der Waals surface area contributed by atoms with E-state index in [-0.39, 0.29) is 24.0 Å². The predicted molar refractivity (Wildman–Crippen MR) is 133 cm³/mol. The highest BCUT2D eigenvalue weighted by Gasteiger charge is 2.52. The second-order valence-electron chi connectivity index (χ2n) is 9.61. The molecule has 7 rings (SSSR count). The zero-order chi connectivity index (χ0) is 23.4. The monoisotopic (exact) mass is 462 g/mol. The van der Waals surface area contributed by atoms with Crippen molar-refractivity contribution < 1.29 is 9.47 Å². The fraction of sp³-hybridized carbons (Fsp3) is 0.276. The van der Waals surface area contributed by atoms with Crippen LogP contribution < -0.4 is 9.47 Å². The summed E-state index contributed by atoms with van der Waals surface area (Å²) in [7, 11) is 0. The molecule has 0 radical (unpaired) electrons. The maximum absolute atomic E-state index is 6.71. The molecule has 35 heavy (non-hydrogen) atoms. The first-order valence-electron chi connectivity index (χ1n) is 12.4. The number of azo groups is 1. The van der Waals surface area contributed by atoms with E-state index >= 15 is 0 Å². The molecule has 3 aliphatic rings. The molecule has 174 valence electrons. The number of rotatable bonds is 3. The maximum atomic E-state index is 6.71. The molecule has 6 nitrogen and oxygen atoms in total. The van der Waals surface area contributed by atoms with E-state index in [0.29, 0.717) is 0 Å². The van der Waals surface area contributed by atoms with E-state index in [2.05, 4.69) is 41.4 Å². The highest BCUT2D eigenvalue weighted by Crippen LogP contribution is 2.56. The lowest BCUT2D eigenvalue weighted by molar-refractivity contribution is -0.0331. The van der Waals surface area contributed by atoms with Crippen molar-refractivity contribution in [3.63, 3.8) is 0 Å². The fourth-order valence-corrected chi connectivity index (χ4v) is 6.00. The zero-order valence-electron chi connectivity index (χ0n) is 19.5. The molecule has 0 N–H and O–H groups in total. The average molecular weight is 463 g/mol. The molecule has 0 spiro atoms. The third kappa shape index (κ3) is 3.35. The Balaban J connectivity index is 1.37. The highest BCUT2D eigenvalue weighted by molar-refractivity contribution is 5.57. The van der Waals surface area contributed by atoms with Crippen LogP contribution in [-0.4, -0.2) is 22.0 Å². The van der Waals surface area contributed by atoms with Crippen molar-refractivity contribution in [3.8, 4) is 17.3 Å². The van der Waals surface area contributed by atoms with Crippen molar-refractivity contribution in [2.24, 2.45) is 16.1 Å². The van der Waals surface area contributed by atoms with E-state index in [0.717, 1.165) is 59.2 Å². The molecule has 1 aromatic heterocycles. The van der Waals surface area contributed by atoms with E-state index in [1.165, 1.54) is 5.56 Å². The summed E-state index contributed by atoms with van der Waals surface area (Å²) in [5, 5.41) is 13.9. The Morgan fingerprint density at radius 1 is 0.829 bits per heavy atom. The molecule has 3 heterocycles. The van der Waals surface area contributed by atoms with Crippen LogP contribution in [0.3, 0.4) is 0 Å². The number of fused-ring (bicyclic) bond motifs is 4. The molecule has 4 aromatic rings. The minimum atomic E-state index is 0.104. The summed E-state index contributed by atoms with van der Waals surface area (Å²) in [6.07, 6.45) is 3.44. The maximum Gasteiger partial charge on any atom is 0.221 e. The molecule has 1 saturated carbocycles. The van der Waals surface area contributed by atoms with Crippen molar-refractivity contribution >= 4 is 11.4 Å². The van der Waals surface area contributed by atoms with Crippen molar-refractivity contribution in [2.45, 2.75) is 44.3 Å². The number of para-hydroxylation sites is 1. The summed E-state index contributed by atoms with van der Waals surface area (Å²) in [5.41, 5.74) is 6.00. The van der Waals surface area contributed by atoms with E-state index in [9.17, 15) is 0 Å². The Morgan fingerprint density at radius 3 is 2.34 bits per heavy atom. The molecule has 4 atom stereocenters. The van der Waals surface area contributed by atoms with Gasteiger partial charge in [0, 0.05) is 23.0 Å². The third-order valence-electron chi connectivity index (χ3n) is 7.50. The Labute approximate surface area is 204 Å². The first-order valence-corrected chi connectivity index (χ1v) is 12.4. The van der Waals surface area contributed by atoms with Gasteiger partial charge in [0.1, 0.15) is 18.0 Å². The molecule has 3 aromatic carbocycles. The van der Waals surface area contributed by atoms with E-state index in [1.807, 2.05) is 59.3 Å². The van der Waals surface area contributed by atoms with Crippen LogP contribution in [0.1, 0.15) is 42.0 Å². The van der Waals surface area contributed by atoms with Crippen LogP contribution in [0.5, 0.6) is 11.6 Å². The number of nitrogens with zero attached hydrogens (tertiary/aromatic N) is 4. The lowest BCUT2D eigenvalue weighted by Crippen LogP contribution is -2.50. The van der Waals surface area contributed by atoms with Crippen molar-refractivity contribution in [3.05, 3.63) is 95.7 Å². The van der Waals surface area contributed by atoms with Gasteiger partial charge in [0.15, 0.2) is 0 Å². The number of hydrogen-bond donors (Lipinski definition) is 0. The first kappa shape index (κ1) is 20.4. The Morgan fingerprint density at radius 2 is 1.54 bits per heavy atom. The van der Waals surface area contributed by atoms with Gasteiger partial charge >= 0.3 is 0 Å². The van der Waals surface area contributed by atoms with Crippen LogP contribution in [0.4, 0.5) is 11.4 Å². The van der Waals surface area contributed by atoms with Gasteiger partial charge < -0.3 is 9.47 Å². The SMILES string of the molecule is Cc1nn(-c2ccccc2)c2c1[C@H]1c3cc(N=Nc4ccccc4)ccc3OC3CCCC(O2)[C@H]31. The Bertz CT molecular complexity index is 1410. The van der Waals surface area contributed by atoms with E-state index in [1.54, 1.807) is 0 Å². The van der Waals surface area contributed by atoms with Gasteiger partial charge in [0.25, 0.3) is 0 Å². The van der Waals surface area contributed by atoms with Gasteiger partial charge in [-0.2, -0.15) is 15.3 Å². The van der Waals surface area contributed by atoms with Gasteiger partial charge in [0.2, 0.25) is 5.88 Å². The highest BCUT2D eigenvalue weighted by atomic mass is 16.5. The average Bonchev–Trinajstić information content (AvgIpc) is 3.24. The van der Waals surface area contributed by atoms with Crippen LogP contribution >= 0.6 is 0 Å². The molecular weight excluding hydrogens is 436 g/mol. The molecule has 0 saturated heterocycles. The summed E-state index contributed by atoms with van der Waals surface area (Å²) in [5.74, 6) is 2.22. The largest absolute Gasteiger partial charge is 0.490 e. The quantitative estimate of drug-likeness (QED) is 0.307. The van der Waals surface area contributed by atoms with Crippen LogP contribution in [0.15, 0.2) is 89.1 Å². The second-order valence-corrected chi connectivity index (χ2v) is 9.61. The van der Waals surface area contributed by atoms with Gasteiger partial charge in [-0.1, -0.05) is 36.4 Å². The fourth-order valence-electron chi connectivity index (χ4n) is 6.00. The molecule has 6 heteroatoms. The normalized spacial score (nSPS) is 24.1. The minimum absolute atomic E-state index is 0.104. The molecule has 0 amide bonds. The summed E-state index contributed by atoms with van der Waals surface area (Å²) >= 11 is 0. The van der Waals surface area contributed by atoms with Crippen molar-refractivity contribution in [1.82, 2.24) is 9.78 Å². The molecule has 2 unspecified atom stereocenters. The van der Waals surface area contributed by atoms with Crippen LogP contribution in [-0.2, 0) is 0 Å². The summed E-state index contributed by atoms with van der Waals surface area (Å²) in [4.78, 5) is 0. The van der Waals surface area contributed by atoms with Gasteiger partial charge in [-0.15, -0.1) is 0 Å². The third-order valence-corrected chi connectivity index (χ3v) is 7.50. The summed E-state index contributed by atoms with van der Waals surface area (Å²) < 4.78 is 15.2. The molecular formula is C29H26N4O2. The molecule has 1 fully saturated rings. The van der Waals surface area contributed by atoms with Gasteiger partial charge in [-0.3, -0.25) is 0 Å². The van der Waals surface area contributed by atoms with E-state index < -0.39 is 0 Å². The molecule has 1 aliphatic carbocycles. The second kappa shape index (κ2) is 8.08. The number of hydrogen-bond acceptors (Lipinski definition) is 5. The van der Waals surface area contributed by atoms with Crippen LogP contribution in [0.2, 0.25) is 0 Å². The Hall–Kier alpha value is -3.93. The molecule has 0 bridgehead atoms. The Kier molecular flexibility index (Phi) is 4.72.